The number of carbonyl (C=O) groups excluding carboxylic acids is 2. The van der Waals surface area contributed by atoms with Gasteiger partial charge >= 0.3 is 0 Å². The van der Waals surface area contributed by atoms with Gasteiger partial charge in [0, 0.05) is 10.7 Å². The van der Waals surface area contributed by atoms with E-state index >= 15 is 0 Å². The summed E-state index contributed by atoms with van der Waals surface area (Å²) >= 11 is 6.24. The summed E-state index contributed by atoms with van der Waals surface area (Å²) in [6.07, 6.45) is 0. The molecule has 0 saturated carbocycles. The summed E-state index contributed by atoms with van der Waals surface area (Å²) in [5.74, 6) is -0.571. The lowest BCUT2D eigenvalue weighted by molar-refractivity contribution is -0.132. The summed E-state index contributed by atoms with van der Waals surface area (Å²) in [5.41, 5.74) is 2.87. The molecule has 1 saturated heterocycles. The molecule has 37 heavy (non-hydrogen) atoms. The maximum Gasteiger partial charge on any atom is 0.300 e. The quantitative estimate of drug-likeness (QED) is 0.233. The van der Waals surface area contributed by atoms with E-state index in [9.17, 15) is 14.7 Å². The van der Waals surface area contributed by atoms with Crippen molar-refractivity contribution in [2.75, 3.05) is 25.7 Å². The van der Waals surface area contributed by atoms with Gasteiger partial charge in [0.1, 0.15) is 11.5 Å². The number of hydrogen-bond acceptors (Lipinski definition) is 6. The van der Waals surface area contributed by atoms with E-state index in [1.54, 1.807) is 48.5 Å². The normalized spacial score (nSPS) is 16.7. The lowest BCUT2D eigenvalue weighted by Gasteiger charge is -2.26. The van der Waals surface area contributed by atoms with Crippen molar-refractivity contribution in [3.05, 3.63) is 87.4 Å². The molecule has 0 radical (unpaired) electrons. The molecule has 0 spiro atoms. The number of anilines is 1. The topological polar surface area (TPSA) is 85.3 Å². The van der Waals surface area contributed by atoms with Gasteiger partial charge in [-0.3, -0.25) is 14.5 Å². The van der Waals surface area contributed by atoms with Crippen molar-refractivity contribution < 1.29 is 28.9 Å². The van der Waals surface area contributed by atoms with Gasteiger partial charge in [-0.15, -0.1) is 0 Å². The Labute approximate surface area is 220 Å². The van der Waals surface area contributed by atoms with Crippen molar-refractivity contribution >= 4 is 34.7 Å². The molecule has 0 aliphatic carbocycles. The van der Waals surface area contributed by atoms with Gasteiger partial charge in [-0.1, -0.05) is 29.8 Å². The number of Topliss-reactive ketones (excluding diaryl/α,β-unsaturated/α-hetero) is 1. The standard InChI is InChI=1S/C29H28ClNO6/c1-6-37-23-14-18(10-11-22(23)35-4)25-24(26(32)21-13-16(2)12-17(3)28(21)36-5)27(33)29(34)31(25)20-9-7-8-19(30)15-20/h7-15,25,32H,6H2,1-5H3/b26-24+. The number of ketones is 1. The number of aliphatic hydroxyl groups is 1. The molecule has 1 fully saturated rings. The number of carbonyl (C=O) groups is 2. The Kier molecular flexibility index (Phi) is 7.45. The number of benzene rings is 3. The van der Waals surface area contributed by atoms with Crippen LogP contribution < -0.4 is 19.1 Å². The molecule has 4 rings (SSSR count). The van der Waals surface area contributed by atoms with Crippen molar-refractivity contribution in [1.82, 2.24) is 0 Å². The van der Waals surface area contributed by atoms with Crippen LogP contribution in [0.25, 0.3) is 5.76 Å². The van der Waals surface area contributed by atoms with Gasteiger partial charge in [0.15, 0.2) is 11.5 Å². The Bertz CT molecular complexity index is 1410. The average molecular weight is 522 g/mol. The van der Waals surface area contributed by atoms with Crippen LogP contribution in [0.4, 0.5) is 5.69 Å². The Hall–Kier alpha value is -3.97. The predicted octanol–water partition coefficient (Wildman–Crippen LogP) is 6.00. The van der Waals surface area contributed by atoms with Crippen LogP contribution in [0.2, 0.25) is 5.02 Å². The first kappa shape index (κ1) is 26.1. The Balaban J connectivity index is 2.03. The first-order valence-electron chi connectivity index (χ1n) is 11.7. The molecule has 7 nitrogen and oxygen atoms in total. The third-order valence-corrected chi connectivity index (χ3v) is 6.45. The van der Waals surface area contributed by atoms with E-state index in [-0.39, 0.29) is 11.3 Å². The number of hydrogen-bond donors (Lipinski definition) is 1. The summed E-state index contributed by atoms with van der Waals surface area (Å²) < 4.78 is 16.7. The van der Waals surface area contributed by atoms with E-state index in [0.29, 0.717) is 45.7 Å². The van der Waals surface area contributed by atoms with Crippen molar-refractivity contribution in [1.29, 1.82) is 0 Å². The van der Waals surface area contributed by atoms with E-state index in [2.05, 4.69) is 0 Å². The first-order chi connectivity index (χ1) is 17.7. The van der Waals surface area contributed by atoms with Gasteiger partial charge in [0.05, 0.1) is 38.0 Å². The maximum absolute atomic E-state index is 13.5. The summed E-state index contributed by atoms with van der Waals surface area (Å²) in [7, 11) is 3.02. The van der Waals surface area contributed by atoms with E-state index in [1.807, 2.05) is 26.8 Å². The van der Waals surface area contributed by atoms with Gasteiger partial charge in [0.2, 0.25) is 0 Å². The van der Waals surface area contributed by atoms with Crippen LogP contribution in [0.1, 0.15) is 35.2 Å². The second kappa shape index (κ2) is 10.6. The molecule has 3 aromatic rings. The minimum atomic E-state index is -0.964. The van der Waals surface area contributed by atoms with Gasteiger partial charge in [-0.2, -0.15) is 0 Å². The summed E-state index contributed by atoms with van der Waals surface area (Å²) in [6, 6.07) is 14.5. The summed E-state index contributed by atoms with van der Waals surface area (Å²) in [6.45, 7) is 5.95. The second-order valence-corrected chi connectivity index (χ2v) is 9.09. The van der Waals surface area contributed by atoms with E-state index in [1.165, 1.54) is 19.1 Å². The molecule has 192 valence electrons. The molecule has 3 aromatic carbocycles. The Morgan fingerprint density at radius 3 is 2.41 bits per heavy atom. The van der Waals surface area contributed by atoms with E-state index in [0.717, 1.165) is 11.1 Å². The van der Waals surface area contributed by atoms with Crippen LogP contribution in [-0.4, -0.2) is 37.6 Å². The lowest BCUT2D eigenvalue weighted by atomic mass is 9.93. The van der Waals surface area contributed by atoms with Crippen LogP contribution in [0.3, 0.4) is 0 Å². The van der Waals surface area contributed by atoms with Gasteiger partial charge in [0.25, 0.3) is 11.7 Å². The molecule has 0 aromatic heterocycles. The SMILES string of the molecule is CCOc1cc(C2/C(=C(\O)c3cc(C)cc(C)c3OC)C(=O)C(=O)N2c2cccc(Cl)c2)ccc1OC. The lowest BCUT2D eigenvalue weighted by Crippen LogP contribution is -2.29. The van der Waals surface area contributed by atoms with Crippen LogP contribution in [-0.2, 0) is 9.59 Å². The highest BCUT2D eigenvalue weighted by Crippen LogP contribution is 2.45. The third kappa shape index (κ3) is 4.74. The molecule has 1 N–H and O–H groups in total. The van der Waals surface area contributed by atoms with Crippen molar-refractivity contribution in [2.45, 2.75) is 26.8 Å². The smallest absolute Gasteiger partial charge is 0.300 e. The third-order valence-electron chi connectivity index (χ3n) is 6.21. The first-order valence-corrected chi connectivity index (χ1v) is 12.1. The molecule has 1 aliphatic rings. The zero-order valence-corrected chi connectivity index (χ0v) is 22.1. The number of ether oxygens (including phenoxy) is 3. The number of aryl methyl sites for hydroxylation is 2. The van der Waals surface area contributed by atoms with Gasteiger partial charge in [-0.05, 0) is 73.9 Å². The highest BCUT2D eigenvalue weighted by molar-refractivity contribution is 6.52. The molecule has 0 bridgehead atoms. The number of nitrogens with zero attached hydrogens (tertiary/aromatic N) is 1. The highest BCUT2D eigenvalue weighted by Gasteiger charge is 2.47. The average Bonchev–Trinajstić information content (AvgIpc) is 3.13. The zero-order chi connectivity index (χ0) is 26.9. The monoisotopic (exact) mass is 521 g/mol. The molecule has 1 heterocycles. The molecule has 1 atom stereocenters. The molecule has 1 unspecified atom stereocenters. The Morgan fingerprint density at radius 1 is 1.00 bits per heavy atom. The van der Waals surface area contributed by atoms with Crippen molar-refractivity contribution in [2.24, 2.45) is 0 Å². The maximum atomic E-state index is 13.5. The minimum absolute atomic E-state index is 0.0686. The summed E-state index contributed by atoms with van der Waals surface area (Å²) in [4.78, 5) is 28.3. The summed E-state index contributed by atoms with van der Waals surface area (Å²) in [5, 5.41) is 12.0. The fraction of sp³-hybridized carbons (Fsp3) is 0.241. The number of aliphatic hydroxyl groups excluding tert-OH is 1. The molecule has 1 amide bonds. The van der Waals surface area contributed by atoms with Crippen molar-refractivity contribution in [3.63, 3.8) is 0 Å². The van der Waals surface area contributed by atoms with Gasteiger partial charge < -0.3 is 19.3 Å². The molecule has 8 heteroatoms. The van der Waals surface area contributed by atoms with Gasteiger partial charge in [-0.25, -0.2) is 0 Å². The van der Waals surface area contributed by atoms with E-state index in [4.69, 9.17) is 25.8 Å². The number of methoxy groups -OCH3 is 2. The second-order valence-electron chi connectivity index (χ2n) is 8.65. The predicted molar refractivity (Wildman–Crippen MR) is 143 cm³/mol. The van der Waals surface area contributed by atoms with Crippen LogP contribution in [0.5, 0.6) is 17.2 Å². The van der Waals surface area contributed by atoms with E-state index < -0.39 is 17.7 Å². The molecular formula is C29H28ClNO6. The van der Waals surface area contributed by atoms with Crippen LogP contribution in [0, 0.1) is 13.8 Å². The fourth-order valence-electron chi connectivity index (χ4n) is 4.72. The largest absolute Gasteiger partial charge is 0.507 e. The number of amides is 1. The van der Waals surface area contributed by atoms with Crippen LogP contribution in [0.15, 0.2) is 60.2 Å². The van der Waals surface area contributed by atoms with Crippen LogP contribution >= 0.6 is 11.6 Å². The fourth-order valence-corrected chi connectivity index (χ4v) is 4.90. The molecular weight excluding hydrogens is 494 g/mol. The molecule has 1 aliphatic heterocycles. The number of halogens is 1. The Morgan fingerprint density at radius 2 is 1.76 bits per heavy atom. The van der Waals surface area contributed by atoms with Crippen molar-refractivity contribution in [3.8, 4) is 17.2 Å². The minimum Gasteiger partial charge on any atom is -0.507 e. The zero-order valence-electron chi connectivity index (χ0n) is 21.3. The highest BCUT2D eigenvalue weighted by atomic mass is 35.5. The number of rotatable bonds is 7.